The Bertz CT molecular complexity index is 388. The van der Waals surface area contributed by atoms with Gasteiger partial charge in [-0.2, -0.15) is 0 Å². The summed E-state index contributed by atoms with van der Waals surface area (Å²) in [5, 5.41) is 0. The summed E-state index contributed by atoms with van der Waals surface area (Å²) < 4.78 is 1.23. The molecule has 35 heavy (non-hydrogen) atoms. The zero-order chi connectivity index (χ0) is 25.9. The summed E-state index contributed by atoms with van der Waals surface area (Å²) >= 11 is 0. The van der Waals surface area contributed by atoms with E-state index >= 15 is 0 Å². The van der Waals surface area contributed by atoms with E-state index in [1.165, 1.54) is 184 Å². The van der Waals surface area contributed by atoms with E-state index in [4.69, 9.17) is 0 Å². The van der Waals surface area contributed by atoms with Gasteiger partial charge in [-0.3, -0.25) is 0 Å². The first kappa shape index (κ1) is 35.0. The third-order valence-electron chi connectivity index (χ3n) is 8.76. The molecule has 0 aromatic carbocycles. The topological polar surface area (TPSA) is 0 Å². The molecular formula is C34H72N+. The minimum atomic E-state index is 0.820. The Kier molecular flexibility index (Phi) is 27.0. The maximum Gasteiger partial charge on any atom is 0.0857 e. The van der Waals surface area contributed by atoms with Crippen molar-refractivity contribution in [2.24, 2.45) is 0 Å². The van der Waals surface area contributed by atoms with Crippen LogP contribution in [0, 0.1) is 0 Å². The fraction of sp³-hybridized carbons (Fsp3) is 1.00. The molecule has 1 atom stereocenters. The molecule has 0 aromatic rings. The molecule has 1 unspecified atom stereocenters. The van der Waals surface area contributed by atoms with Crippen molar-refractivity contribution in [1.29, 1.82) is 0 Å². The Morgan fingerprint density at radius 3 is 0.943 bits per heavy atom. The molecule has 0 aliphatic rings. The van der Waals surface area contributed by atoms with Crippen LogP contribution in [-0.2, 0) is 0 Å². The number of rotatable bonds is 29. The van der Waals surface area contributed by atoms with Gasteiger partial charge in [-0.1, -0.05) is 162 Å². The highest BCUT2D eigenvalue weighted by atomic mass is 15.3. The second-order valence-electron chi connectivity index (χ2n) is 12.6. The van der Waals surface area contributed by atoms with Gasteiger partial charge in [0, 0.05) is 0 Å². The van der Waals surface area contributed by atoms with Gasteiger partial charge in [-0.05, 0) is 32.6 Å². The lowest BCUT2D eigenvalue weighted by Gasteiger charge is -2.36. The molecule has 0 amide bonds. The highest BCUT2D eigenvalue weighted by molar-refractivity contribution is 4.55. The molecule has 0 heterocycles. The number of quaternary nitrogens is 1. The molecule has 0 radical (unpaired) electrons. The molecular weight excluding hydrogens is 422 g/mol. The highest BCUT2D eigenvalue weighted by Crippen LogP contribution is 2.19. The normalized spacial score (nSPS) is 12.9. The fourth-order valence-corrected chi connectivity index (χ4v) is 5.56. The monoisotopic (exact) mass is 495 g/mol. The molecule has 212 valence electrons. The van der Waals surface area contributed by atoms with E-state index in [0.29, 0.717) is 0 Å². The largest absolute Gasteiger partial charge is 0.326 e. The van der Waals surface area contributed by atoms with Crippen LogP contribution in [-0.4, -0.2) is 31.2 Å². The SMILES string of the molecule is CCCCCCCCCCCCCCCC[N+](C)(C)C(C)CCCCCCCCCCCCCC. The zero-order valence-corrected chi connectivity index (χ0v) is 25.8. The predicted octanol–water partition coefficient (Wildman–Crippen LogP) is 12.0. The van der Waals surface area contributed by atoms with Gasteiger partial charge in [0.25, 0.3) is 0 Å². The summed E-state index contributed by atoms with van der Waals surface area (Å²) in [5.41, 5.74) is 0. The lowest BCUT2D eigenvalue weighted by Crippen LogP contribution is -2.47. The van der Waals surface area contributed by atoms with Crippen LogP contribution in [0.2, 0.25) is 0 Å². The summed E-state index contributed by atoms with van der Waals surface area (Å²) in [4.78, 5) is 0. The van der Waals surface area contributed by atoms with E-state index in [-0.39, 0.29) is 0 Å². The number of hydrogen-bond donors (Lipinski definition) is 0. The van der Waals surface area contributed by atoms with Gasteiger partial charge >= 0.3 is 0 Å². The second kappa shape index (κ2) is 27.0. The maximum atomic E-state index is 2.50. The van der Waals surface area contributed by atoms with Crippen molar-refractivity contribution in [2.45, 2.75) is 200 Å². The summed E-state index contributed by atoms with van der Waals surface area (Å²) in [6.45, 7) is 8.49. The Hall–Kier alpha value is -0.0400. The summed E-state index contributed by atoms with van der Waals surface area (Å²) in [7, 11) is 4.96. The Labute approximate surface area is 225 Å². The van der Waals surface area contributed by atoms with Crippen LogP contribution in [0.4, 0.5) is 0 Å². The smallest absolute Gasteiger partial charge is 0.0857 e. The van der Waals surface area contributed by atoms with Gasteiger partial charge in [-0.25, -0.2) is 0 Å². The molecule has 0 rings (SSSR count). The Morgan fingerprint density at radius 1 is 0.371 bits per heavy atom. The van der Waals surface area contributed by atoms with Gasteiger partial charge in [0.05, 0.1) is 26.7 Å². The molecule has 1 nitrogen and oxygen atoms in total. The molecule has 0 aromatic heterocycles. The van der Waals surface area contributed by atoms with E-state index in [2.05, 4.69) is 34.9 Å². The third-order valence-corrected chi connectivity index (χ3v) is 8.76. The first-order valence-electron chi connectivity index (χ1n) is 16.9. The first-order chi connectivity index (χ1) is 17.0. The van der Waals surface area contributed by atoms with Crippen molar-refractivity contribution in [3.63, 3.8) is 0 Å². The first-order valence-corrected chi connectivity index (χ1v) is 16.9. The third kappa shape index (κ3) is 25.4. The van der Waals surface area contributed by atoms with Crippen molar-refractivity contribution in [1.82, 2.24) is 0 Å². The minimum absolute atomic E-state index is 0.820. The van der Waals surface area contributed by atoms with Gasteiger partial charge in [0.1, 0.15) is 0 Å². The summed E-state index contributed by atoms with van der Waals surface area (Å²) in [6.07, 6.45) is 39.3. The van der Waals surface area contributed by atoms with Crippen LogP contribution in [0.5, 0.6) is 0 Å². The molecule has 0 aliphatic heterocycles. The lowest BCUT2D eigenvalue weighted by molar-refractivity contribution is -0.913. The maximum absolute atomic E-state index is 2.50. The zero-order valence-electron chi connectivity index (χ0n) is 25.8. The van der Waals surface area contributed by atoms with Crippen LogP contribution in [0.1, 0.15) is 194 Å². The number of unbranched alkanes of at least 4 members (excludes halogenated alkanes) is 24. The highest BCUT2D eigenvalue weighted by Gasteiger charge is 2.22. The molecule has 0 saturated carbocycles. The van der Waals surface area contributed by atoms with Gasteiger partial charge in [0.2, 0.25) is 0 Å². The van der Waals surface area contributed by atoms with E-state index < -0.39 is 0 Å². The molecule has 0 aliphatic carbocycles. The molecule has 0 fully saturated rings. The van der Waals surface area contributed by atoms with Crippen LogP contribution >= 0.6 is 0 Å². The lowest BCUT2D eigenvalue weighted by atomic mass is 10.0. The van der Waals surface area contributed by atoms with E-state index in [1.54, 1.807) is 0 Å². The average molecular weight is 495 g/mol. The molecule has 0 spiro atoms. The van der Waals surface area contributed by atoms with Crippen molar-refractivity contribution < 1.29 is 4.48 Å². The van der Waals surface area contributed by atoms with Crippen molar-refractivity contribution >= 4 is 0 Å². The molecule has 0 N–H and O–H groups in total. The van der Waals surface area contributed by atoms with Crippen molar-refractivity contribution in [3.05, 3.63) is 0 Å². The van der Waals surface area contributed by atoms with Crippen LogP contribution < -0.4 is 0 Å². The summed E-state index contributed by atoms with van der Waals surface area (Å²) in [6, 6.07) is 0.820. The summed E-state index contributed by atoms with van der Waals surface area (Å²) in [5.74, 6) is 0. The van der Waals surface area contributed by atoms with Crippen LogP contribution in [0.15, 0.2) is 0 Å². The van der Waals surface area contributed by atoms with Gasteiger partial charge < -0.3 is 4.48 Å². The van der Waals surface area contributed by atoms with Crippen LogP contribution in [0.25, 0.3) is 0 Å². The van der Waals surface area contributed by atoms with E-state index in [0.717, 1.165) is 6.04 Å². The molecule has 0 bridgehead atoms. The van der Waals surface area contributed by atoms with Crippen molar-refractivity contribution in [2.75, 3.05) is 20.6 Å². The van der Waals surface area contributed by atoms with Gasteiger partial charge in [-0.15, -0.1) is 0 Å². The molecule has 1 heteroatoms. The molecule has 0 saturated heterocycles. The van der Waals surface area contributed by atoms with Gasteiger partial charge in [0.15, 0.2) is 0 Å². The minimum Gasteiger partial charge on any atom is -0.326 e. The van der Waals surface area contributed by atoms with Crippen LogP contribution in [0.3, 0.4) is 0 Å². The standard InChI is InChI=1S/C34H72N/c1-6-8-10-12-14-16-18-20-21-23-25-27-29-31-33-35(4,5)34(3)32-30-28-26-24-22-19-17-15-13-11-9-7-2/h34H,6-33H2,1-5H3/q+1. The van der Waals surface area contributed by atoms with E-state index in [9.17, 15) is 0 Å². The fourth-order valence-electron chi connectivity index (χ4n) is 5.56. The Balaban J connectivity index is 3.43. The second-order valence-corrected chi connectivity index (χ2v) is 12.6. The quantitative estimate of drug-likeness (QED) is 0.0716. The predicted molar refractivity (Wildman–Crippen MR) is 162 cm³/mol. The Morgan fingerprint density at radius 2 is 0.629 bits per heavy atom. The van der Waals surface area contributed by atoms with Crippen molar-refractivity contribution in [3.8, 4) is 0 Å². The van der Waals surface area contributed by atoms with E-state index in [1.807, 2.05) is 0 Å². The number of hydrogen-bond acceptors (Lipinski definition) is 0. The number of nitrogens with zero attached hydrogens (tertiary/aromatic N) is 1. The average Bonchev–Trinajstić information content (AvgIpc) is 2.84.